The number of nitrogens with one attached hydrogen (secondary N) is 1. The van der Waals surface area contributed by atoms with Crippen LogP contribution >= 0.6 is 0 Å². The number of aliphatic hydroxyl groups excluding tert-OH is 1. The summed E-state index contributed by atoms with van der Waals surface area (Å²) in [7, 11) is 0. The van der Waals surface area contributed by atoms with Crippen molar-refractivity contribution in [3.05, 3.63) is 30.3 Å². The van der Waals surface area contributed by atoms with Crippen LogP contribution in [-0.2, 0) is 0 Å². The van der Waals surface area contributed by atoms with E-state index in [0.29, 0.717) is 0 Å². The first-order valence-electron chi connectivity index (χ1n) is 5.51. The summed E-state index contributed by atoms with van der Waals surface area (Å²) in [6.45, 7) is 4.83. The lowest BCUT2D eigenvalue weighted by atomic mass is 10.2. The number of β-amino-alcohol motifs (C(OH)–C–C–N with tert-alkyl or cyclic N) is 1. The first-order valence-corrected chi connectivity index (χ1v) is 5.51. The summed E-state index contributed by atoms with van der Waals surface area (Å²) < 4.78 is 0. The molecule has 2 N–H and O–H groups in total. The van der Waals surface area contributed by atoms with Crippen molar-refractivity contribution in [2.75, 3.05) is 25.0 Å². The smallest absolute Gasteiger partial charge is 0.0880 e. The topological polar surface area (TPSA) is 35.5 Å². The highest BCUT2D eigenvalue weighted by atomic mass is 16.3. The lowest BCUT2D eigenvalue weighted by Gasteiger charge is -2.17. The molecule has 1 aromatic carbocycles. The van der Waals surface area contributed by atoms with Gasteiger partial charge in [0.05, 0.1) is 12.1 Å². The molecule has 0 radical (unpaired) electrons. The fourth-order valence-corrected chi connectivity index (χ4v) is 2.01. The van der Waals surface area contributed by atoms with Gasteiger partial charge in [0.25, 0.3) is 0 Å². The maximum Gasteiger partial charge on any atom is 0.0880 e. The van der Waals surface area contributed by atoms with Crippen molar-refractivity contribution in [3.63, 3.8) is 0 Å². The molecule has 3 heteroatoms. The first kappa shape index (κ1) is 10.5. The Morgan fingerprint density at radius 3 is 2.67 bits per heavy atom. The third kappa shape index (κ3) is 2.49. The molecule has 1 heterocycles. The van der Waals surface area contributed by atoms with Crippen LogP contribution in [0.3, 0.4) is 0 Å². The van der Waals surface area contributed by atoms with Crippen molar-refractivity contribution >= 4 is 5.69 Å². The predicted octanol–water partition coefficient (Wildman–Crippen LogP) is 1.16. The summed E-state index contributed by atoms with van der Waals surface area (Å²) in [5.41, 5.74) is 1.08. The number of likely N-dealkylation sites (tertiary alicyclic amines) is 1. The van der Waals surface area contributed by atoms with E-state index in [-0.39, 0.29) is 12.1 Å². The highest BCUT2D eigenvalue weighted by molar-refractivity contribution is 5.44. The SMILES string of the molecule is CCN1C[C@@H](O)[C@H](Nc2ccccc2)C1. The van der Waals surface area contributed by atoms with E-state index in [1.807, 2.05) is 30.3 Å². The van der Waals surface area contributed by atoms with Gasteiger partial charge in [-0.15, -0.1) is 0 Å². The molecule has 82 valence electrons. The molecule has 3 nitrogen and oxygen atoms in total. The molecule has 1 aromatic rings. The summed E-state index contributed by atoms with van der Waals surface area (Å²) in [5, 5.41) is 13.2. The van der Waals surface area contributed by atoms with E-state index < -0.39 is 0 Å². The van der Waals surface area contributed by atoms with Crippen molar-refractivity contribution < 1.29 is 5.11 Å². The molecule has 0 amide bonds. The maximum atomic E-state index is 9.85. The van der Waals surface area contributed by atoms with Gasteiger partial charge in [-0.1, -0.05) is 25.1 Å². The van der Waals surface area contributed by atoms with Gasteiger partial charge in [-0.3, -0.25) is 4.90 Å². The molecule has 0 saturated carbocycles. The van der Waals surface area contributed by atoms with Gasteiger partial charge in [0.15, 0.2) is 0 Å². The van der Waals surface area contributed by atoms with Gasteiger partial charge in [-0.2, -0.15) is 0 Å². The number of hydrogen-bond acceptors (Lipinski definition) is 3. The highest BCUT2D eigenvalue weighted by Gasteiger charge is 2.29. The van der Waals surface area contributed by atoms with Crippen LogP contribution < -0.4 is 5.32 Å². The molecule has 1 saturated heterocycles. The van der Waals surface area contributed by atoms with Crippen LogP contribution in [0.25, 0.3) is 0 Å². The van der Waals surface area contributed by atoms with Crippen molar-refractivity contribution in [2.24, 2.45) is 0 Å². The molecule has 15 heavy (non-hydrogen) atoms. The number of anilines is 1. The minimum absolute atomic E-state index is 0.160. The molecule has 0 unspecified atom stereocenters. The minimum atomic E-state index is -0.259. The Kier molecular flexibility index (Phi) is 3.23. The van der Waals surface area contributed by atoms with Crippen LogP contribution in [-0.4, -0.2) is 41.8 Å². The number of benzene rings is 1. The van der Waals surface area contributed by atoms with Crippen LogP contribution in [0.5, 0.6) is 0 Å². The Bertz CT molecular complexity index is 302. The van der Waals surface area contributed by atoms with E-state index in [0.717, 1.165) is 25.3 Å². The van der Waals surface area contributed by atoms with Crippen LogP contribution in [0.2, 0.25) is 0 Å². The molecular weight excluding hydrogens is 188 g/mol. The maximum absolute atomic E-state index is 9.85. The molecule has 0 aromatic heterocycles. The number of hydrogen-bond donors (Lipinski definition) is 2. The average Bonchev–Trinajstić information content (AvgIpc) is 2.61. The van der Waals surface area contributed by atoms with E-state index in [1.54, 1.807) is 0 Å². The van der Waals surface area contributed by atoms with Gasteiger partial charge < -0.3 is 10.4 Å². The fourth-order valence-electron chi connectivity index (χ4n) is 2.01. The van der Waals surface area contributed by atoms with Gasteiger partial charge in [-0.05, 0) is 18.7 Å². The summed E-state index contributed by atoms with van der Waals surface area (Å²) >= 11 is 0. The van der Waals surface area contributed by atoms with Crippen LogP contribution in [0, 0.1) is 0 Å². The Hall–Kier alpha value is -1.06. The molecule has 0 bridgehead atoms. The second-order valence-electron chi connectivity index (χ2n) is 4.04. The van der Waals surface area contributed by atoms with Gasteiger partial charge in [0.2, 0.25) is 0 Å². The van der Waals surface area contributed by atoms with Crippen LogP contribution in [0.4, 0.5) is 5.69 Å². The predicted molar refractivity (Wildman–Crippen MR) is 62.0 cm³/mol. The van der Waals surface area contributed by atoms with Crippen molar-refractivity contribution in [3.8, 4) is 0 Å². The van der Waals surface area contributed by atoms with E-state index in [1.165, 1.54) is 0 Å². The average molecular weight is 206 g/mol. The van der Waals surface area contributed by atoms with Crippen molar-refractivity contribution in [1.29, 1.82) is 0 Å². The summed E-state index contributed by atoms with van der Waals surface area (Å²) in [5.74, 6) is 0. The molecule has 2 atom stereocenters. The van der Waals surface area contributed by atoms with Gasteiger partial charge in [-0.25, -0.2) is 0 Å². The lowest BCUT2D eigenvalue weighted by molar-refractivity contribution is 0.171. The Morgan fingerprint density at radius 2 is 2.07 bits per heavy atom. The van der Waals surface area contributed by atoms with Crippen molar-refractivity contribution in [1.82, 2.24) is 4.90 Å². The van der Waals surface area contributed by atoms with Crippen molar-refractivity contribution in [2.45, 2.75) is 19.1 Å². The number of para-hydroxylation sites is 1. The third-order valence-electron chi connectivity index (χ3n) is 2.94. The largest absolute Gasteiger partial charge is 0.390 e. The van der Waals surface area contributed by atoms with Crippen LogP contribution in [0.15, 0.2) is 30.3 Å². The lowest BCUT2D eigenvalue weighted by Crippen LogP contribution is -2.31. The zero-order valence-corrected chi connectivity index (χ0v) is 9.06. The Morgan fingerprint density at radius 1 is 1.33 bits per heavy atom. The van der Waals surface area contributed by atoms with E-state index in [2.05, 4.69) is 17.1 Å². The fraction of sp³-hybridized carbons (Fsp3) is 0.500. The second-order valence-corrected chi connectivity index (χ2v) is 4.04. The molecule has 2 rings (SSSR count). The molecule has 1 fully saturated rings. The zero-order valence-electron chi connectivity index (χ0n) is 9.06. The second kappa shape index (κ2) is 4.64. The quantitative estimate of drug-likeness (QED) is 0.779. The number of nitrogens with zero attached hydrogens (tertiary/aromatic N) is 1. The molecule has 0 spiro atoms. The van der Waals surface area contributed by atoms with E-state index >= 15 is 0 Å². The molecule has 0 aliphatic carbocycles. The zero-order chi connectivity index (χ0) is 10.7. The summed E-state index contributed by atoms with van der Waals surface area (Å²) in [6, 6.07) is 10.2. The van der Waals surface area contributed by atoms with E-state index in [4.69, 9.17) is 0 Å². The molecular formula is C12H18N2O. The number of aliphatic hydroxyl groups is 1. The van der Waals surface area contributed by atoms with Gasteiger partial charge in [0, 0.05) is 18.8 Å². The Balaban J connectivity index is 1.96. The van der Waals surface area contributed by atoms with E-state index in [9.17, 15) is 5.11 Å². The first-order chi connectivity index (χ1) is 7.29. The highest BCUT2D eigenvalue weighted by Crippen LogP contribution is 2.15. The Labute approximate surface area is 90.7 Å². The summed E-state index contributed by atoms with van der Waals surface area (Å²) in [6.07, 6.45) is -0.259. The van der Waals surface area contributed by atoms with Crippen LogP contribution in [0.1, 0.15) is 6.92 Å². The number of likely N-dealkylation sites (N-methyl/N-ethyl adjacent to an activating group) is 1. The normalized spacial score (nSPS) is 26.8. The van der Waals surface area contributed by atoms with Gasteiger partial charge >= 0.3 is 0 Å². The molecule has 1 aliphatic rings. The number of rotatable bonds is 3. The summed E-state index contributed by atoms with van der Waals surface area (Å²) in [4.78, 5) is 2.26. The van der Waals surface area contributed by atoms with Gasteiger partial charge in [0.1, 0.15) is 0 Å². The third-order valence-corrected chi connectivity index (χ3v) is 2.94. The standard InChI is InChI=1S/C12H18N2O/c1-2-14-8-11(12(15)9-14)13-10-6-4-3-5-7-10/h3-7,11-13,15H,2,8-9H2,1H3/t11-,12-/m1/s1. The minimum Gasteiger partial charge on any atom is -0.390 e. The molecule has 1 aliphatic heterocycles. The monoisotopic (exact) mass is 206 g/mol.